The molecule has 0 aliphatic heterocycles. The molecular formula is C23H29N5O2. The fourth-order valence-electron chi connectivity index (χ4n) is 4.32. The first-order valence-corrected chi connectivity index (χ1v) is 10.5. The molecule has 30 heavy (non-hydrogen) atoms. The van der Waals surface area contributed by atoms with Gasteiger partial charge in [-0.2, -0.15) is 0 Å². The van der Waals surface area contributed by atoms with Crippen LogP contribution in [0.1, 0.15) is 54.7 Å². The number of hydrogen-bond donors (Lipinski definition) is 0. The number of rotatable bonds is 7. The molecule has 1 atom stereocenters. The predicted molar refractivity (Wildman–Crippen MR) is 115 cm³/mol. The predicted octanol–water partition coefficient (Wildman–Crippen LogP) is 3.67. The van der Waals surface area contributed by atoms with Gasteiger partial charge in [-0.1, -0.05) is 6.07 Å². The van der Waals surface area contributed by atoms with Crippen molar-refractivity contribution < 1.29 is 9.53 Å². The highest BCUT2D eigenvalue weighted by atomic mass is 16.5. The lowest BCUT2D eigenvalue weighted by molar-refractivity contribution is -0.134. The van der Waals surface area contributed by atoms with E-state index in [1.807, 2.05) is 37.1 Å². The second-order valence-electron chi connectivity index (χ2n) is 8.10. The van der Waals surface area contributed by atoms with Crippen LogP contribution in [-0.2, 0) is 18.3 Å². The average Bonchev–Trinajstić information content (AvgIpc) is 3.52. The van der Waals surface area contributed by atoms with Crippen molar-refractivity contribution in [2.45, 2.75) is 58.5 Å². The number of aryl methyl sites for hydroxylation is 3. The van der Waals surface area contributed by atoms with Crippen LogP contribution >= 0.6 is 0 Å². The van der Waals surface area contributed by atoms with Crippen molar-refractivity contribution >= 4 is 16.9 Å². The number of aromatic nitrogens is 4. The van der Waals surface area contributed by atoms with E-state index in [0.717, 1.165) is 46.4 Å². The summed E-state index contributed by atoms with van der Waals surface area (Å²) in [6.45, 7) is 6.14. The Morgan fingerprint density at radius 1 is 1.33 bits per heavy atom. The number of carbonyl (C=O) groups excluding carboxylic acids is 1. The van der Waals surface area contributed by atoms with Crippen LogP contribution in [0.25, 0.3) is 11.0 Å². The molecule has 1 amide bonds. The van der Waals surface area contributed by atoms with Crippen LogP contribution in [0.3, 0.4) is 0 Å². The number of pyridine rings is 2. The molecule has 0 N–H and O–H groups in total. The molecule has 158 valence electrons. The van der Waals surface area contributed by atoms with E-state index in [9.17, 15) is 4.79 Å². The minimum atomic E-state index is -0.0209. The summed E-state index contributed by atoms with van der Waals surface area (Å²) in [5, 5.41) is 5.34. The quantitative estimate of drug-likeness (QED) is 0.597. The molecular weight excluding hydrogens is 378 g/mol. The second-order valence-corrected chi connectivity index (χ2v) is 8.10. The maximum Gasteiger partial charge on any atom is 0.242 e. The number of amides is 1. The van der Waals surface area contributed by atoms with E-state index in [-0.39, 0.29) is 11.9 Å². The minimum Gasteiger partial charge on any atom is -0.479 e. The molecule has 1 fully saturated rings. The van der Waals surface area contributed by atoms with Gasteiger partial charge in [0.05, 0.1) is 24.2 Å². The van der Waals surface area contributed by atoms with Crippen LogP contribution in [0.5, 0.6) is 5.88 Å². The van der Waals surface area contributed by atoms with Gasteiger partial charge in [0.2, 0.25) is 11.8 Å². The van der Waals surface area contributed by atoms with E-state index < -0.39 is 0 Å². The fraction of sp³-hybridized carbons (Fsp3) is 0.478. The zero-order valence-electron chi connectivity index (χ0n) is 18.3. The SMILES string of the molecule is COc1nn(C)c2nc(C)c(CCC(=O)N(C3CC3)C(C)c3ccccn3)c(C)c12. The van der Waals surface area contributed by atoms with Crippen molar-refractivity contribution in [1.29, 1.82) is 0 Å². The van der Waals surface area contributed by atoms with Crippen molar-refractivity contribution in [2.24, 2.45) is 7.05 Å². The summed E-state index contributed by atoms with van der Waals surface area (Å²) in [5.41, 5.74) is 4.87. The Kier molecular flexibility index (Phi) is 5.45. The summed E-state index contributed by atoms with van der Waals surface area (Å²) < 4.78 is 7.20. The first-order valence-electron chi connectivity index (χ1n) is 10.5. The van der Waals surface area contributed by atoms with Gasteiger partial charge in [0.25, 0.3) is 0 Å². The Balaban J connectivity index is 1.57. The first-order chi connectivity index (χ1) is 14.4. The van der Waals surface area contributed by atoms with Crippen LogP contribution in [0.2, 0.25) is 0 Å². The summed E-state index contributed by atoms with van der Waals surface area (Å²) in [6, 6.07) is 6.18. The summed E-state index contributed by atoms with van der Waals surface area (Å²) in [4.78, 5) is 24.5. The van der Waals surface area contributed by atoms with Crippen molar-refractivity contribution in [2.75, 3.05) is 7.11 Å². The van der Waals surface area contributed by atoms with Gasteiger partial charge in [0.1, 0.15) is 0 Å². The normalized spacial score (nSPS) is 14.7. The van der Waals surface area contributed by atoms with Crippen LogP contribution in [0.15, 0.2) is 24.4 Å². The van der Waals surface area contributed by atoms with Crippen molar-refractivity contribution in [3.63, 3.8) is 0 Å². The van der Waals surface area contributed by atoms with E-state index >= 15 is 0 Å². The van der Waals surface area contributed by atoms with E-state index in [1.54, 1.807) is 18.0 Å². The molecule has 1 aliphatic carbocycles. The molecule has 0 saturated heterocycles. The summed E-state index contributed by atoms with van der Waals surface area (Å²) in [6.07, 6.45) is 5.03. The minimum absolute atomic E-state index is 0.0209. The summed E-state index contributed by atoms with van der Waals surface area (Å²) in [5.74, 6) is 0.751. The summed E-state index contributed by atoms with van der Waals surface area (Å²) >= 11 is 0. The molecule has 7 heteroatoms. The van der Waals surface area contributed by atoms with Crippen molar-refractivity contribution in [3.05, 3.63) is 46.9 Å². The van der Waals surface area contributed by atoms with Gasteiger partial charge in [-0.15, -0.1) is 5.10 Å². The van der Waals surface area contributed by atoms with E-state index in [4.69, 9.17) is 9.72 Å². The van der Waals surface area contributed by atoms with Gasteiger partial charge in [0.15, 0.2) is 5.65 Å². The van der Waals surface area contributed by atoms with Gasteiger partial charge >= 0.3 is 0 Å². The lowest BCUT2D eigenvalue weighted by Crippen LogP contribution is -2.36. The Labute approximate surface area is 177 Å². The third-order valence-electron chi connectivity index (χ3n) is 6.07. The fourth-order valence-corrected chi connectivity index (χ4v) is 4.32. The molecule has 3 aromatic heterocycles. The monoisotopic (exact) mass is 407 g/mol. The van der Waals surface area contributed by atoms with Gasteiger partial charge in [-0.05, 0) is 63.3 Å². The number of methoxy groups -OCH3 is 1. The van der Waals surface area contributed by atoms with Crippen molar-refractivity contribution in [1.82, 2.24) is 24.6 Å². The Morgan fingerprint density at radius 2 is 2.10 bits per heavy atom. The largest absolute Gasteiger partial charge is 0.479 e. The lowest BCUT2D eigenvalue weighted by Gasteiger charge is -2.29. The molecule has 0 spiro atoms. The van der Waals surface area contributed by atoms with Crippen LogP contribution in [-0.4, -0.2) is 43.7 Å². The van der Waals surface area contributed by atoms with Gasteiger partial charge in [0, 0.05) is 31.4 Å². The van der Waals surface area contributed by atoms with Crippen LogP contribution in [0, 0.1) is 13.8 Å². The maximum atomic E-state index is 13.3. The molecule has 0 bridgehead atoms. The molecule has 1 aliphatic rings. The molecule has 3 heterocycles. The highest BCUT2D eigenvalue weighted by molar-refractivity contribution is 5.86. The molecule has 7 nitrogen and oxygen atoms in total. The number of carbonyl (C=O) groups is 1. The maximum absolute atomic E-state index is 13.3. The number of ether oxygens (including phenoxy) is 1. The number of fused-ring (bicyclic) bond motifs is 1. The first kappa shape index (κ1) is 20.3. The highest BCUT2D eigenvalue weighted by Gasteiger charge is 2.36. The van der Waals surface area contributed by atoms with E-state index in [0.29, 0.717) is 24.8 Å². The van der Waals surface area contributed by atoms with Gasteiger partial charge < -0.3 is 9.64 Å². The third kappa shape index (κ3) is 3.64. The number of nitrogens with zero attached hydrogens (tertiary/aromatic N) is 5. The van der Waals surface area contributed by atoms with Gasteiger partial charge in [-0.3, -0.25) is 9.78 Å². The molecule has 4 rings (SSSR count). The zero-order valence-corrected chi connectivity index (χ0v) is 18.3. The smallest absolute Gasteiger partial charge is 0.242 e. The molecule has 3 aromatic rings. The molecule has 1 saturated carbocycles. The third-order valence-corrected chi connectivity index (χ3v) is 6.07. The molecule has 0 aromatic carbocycles. The highest BCUT2D eigenvalue weighted by Crippen LogP contribution is 2.35. The van der Waals surface area contributed by atoms with Crippen molar-refractivity contribution in [3.8, 4) is 5.88 Å². The lowest BCUT2D eigenvalue weighted by atomic mass is 9.99. The summed E-state index contributed by atoms with van der Waals surface area (Å²) in [7, 11) is 3.49. The Morgan fingerprint density at radius 3 is 2.73 bits per heavy atom. The van der Waals surface area contributed by atoms with E-state index in [1.165, 1.54) is 0 Å². The Bertz CT molecular complexity index is 1070. The molecule has 1 unspecified atom stereocenters. The standard InChI is InChI=1S/C23H29N5O2/c1-14-18(15(2)25-22-21(14)23(30-5)26-27(22)4)11-12-20(29)28(17-9-10-17)16(3)19-8-6-7-13-24-19/h6-8,13,16-17H,9-12H2,1-5H3. The second kappa shape index (κ2) is 8.05. The number of hydrogen-bond acceptors (Lipinski definition) is 5. The van der Waals surface area contributed by atoms with E-state index in [2.05, 4.69) is 23.9 Å². The van der Waals surface area contributed by atoms with Crippen LogP contribution < -0.4 is 4.74 Å². The average molecular weight is 408 g/mol. The molecule has 0 radical (unpaired) electrons. The van der Waals surface area contributed by atoms with Crippen LogP contribution in [0.4, 0.5) is 0 Å². The zero-order chi connectivity index (χ0) is 21.4. The Hall–Kier alpha value is -2.96. The van der Waals surface area contributed by atoms with Gasteiger partial charge in [-0.25, -0.2) is 9.67 Å². The topological polar surface area (TPSA) is 73.1 Å².